The van der Waals surface area contributed by atoms with E-state index in [1.165, 1.54) is 0 Å². The average Bonchev–Trinajstić information content (AvgIpc) is 2.68. The molecule has 0 aromatic heterocycles. The second-order valence-corrected chi connectivity index (χ2v) is 5.92. The van der Waals surface area contributed by atoms with Gasteiger partial charge in [-0.1, -0.05) is 72.8 Å². The van der Waals surface area contributed by atoms with Gasteiger partial charge in [-0.05, 0) is 34.9 Å². The van der Waals surface area contributed by atoms with Crippen molar-refractivity contribution < 1.29 is 9.53 Å². The molecule has 3 rings (SSSR count). The van der Waals surface area contributed by atoms with E-state index in [9.17, 15) is 4.79 Å². The van der Waals surface area contributed by atoms with Gasteiger partial charge in [-0.25, -0.2) is 0 Å². The van der Waals surface area contributed by atoms with E-state index in [1.54, 1.807) is 7.11 Å². The number of nitrogens with one attached hydrogen (secondary N) is 1. The van der Waals surface area contributed by atoms with Gasteiger partial charge in [0.15, 0.2) is 0 Å². The molecule has 0 unspecified atom stereocenters. The van der Waals surface area contributed by atoms with Crippen LogP contribution < -0.4 is 5.32 Å². The number of methoxy groups -OCH3 is 1. The Kier molecular flexibility index (Phi) is 5.96. The lowest BCUT2D eigenvalue weighted by Gasteiger charge is -2.11. The zero-order valence-electron chi connectivity index (χ0n) is 14.7. The quantitative estimate of drug-likeness (QED) is 0.504. The maximum absolute atomic E-state index is 13.0. The van der Waals surface area contributed by atoms with Gasteiger partial charge in [-0.3, -0.25) is 4.79 Å². The minimum absolute atomic E-state index is 0.144. The summed E-state index contributed by atoms with van der Waals surface area (Å²) in [6.07, 6.45) is 1.91. The predicted octanol–water partition coefficient (Wildman–Crippen LogP) is 5.01. The van der Waals surface area contributed by atoms with Crippen molar-refractivity contribution >= 4 is 23.2 Å². The normalized spacial score (nSPS) is 11.2. The third-order valence-corrected chi connectivity index (χ3v) is 3.94. The lowest BCUT2D eigenvalue weighted by atomic mass is 10.0. The monoisotopic (exact) mass is 343 g/mol. The maximum Gasteiger partial charge on any atom is 0.256 e. The van der Waals surface area contributed by atoms with Crippen LogP contribution in [0.4, 0.5) is 5.69 Å². The lowest BCUT2D eigenvalue weighted by Crippen LogP contribution is -2.13. The highest BCUT2D eigenvalue weighted by molar-refractivity contribution is 6.29. The number of carbonyl (C=O) groups is 1. The Balaban J connectivity index is 1.91. The topological polar surface area (TPSA) is 38.3 Å². The van der Waals surface area contributed by atoms with Crippen molar-refractivity contribution in [2.45, 2.75) is 6.61 Å². The van der Waals surface area contributed by atoms with Gasteiger partial charge in [-0.15, -0.1) is 0 Å². The summed E-state index contributed by atoms with van der Waals surface area (Å²) >= 11 is 0. The Morgan fingerprint density at radius 3 is 2.31 bits per heavy atom. The van der Waals surface area contributed by atoms with E-state index in [4.69, 9.17) is 4.74 Å². The number of benzene rings is 3. The van der Waals surface area contributed by atoms with Crippen LogP contribution in [-0.2, 0) is 16.1 Å². The minimum Gasteiger partial charge on any atom is -0.380 e. The molecule has 1 N–H and O–H groups in total. The number of anilines is 1. The van der Waals surface area contributed by atoms with Gasteiger partial charge >= 0.3 is 0 Å². The van der Waals surface area contributed by atoms with Gasteiger partial charge in [0.05, 0.1) is 6.61 Å². The van der Waals surface area contributed by atoms with Crippen LogP contribution in [0.15, 0.2) is 84.9 Å². The Hall–Kier alpha value is -3.17. The first kappa shape index (κ1) is 17.6. The molecule has 0 fully saturated rings. The molecule has 0 saturated carbocycles. The molecule has 3 heteroatoms. The fourth-order valence-corrected chi connectivity index (χ4v) is 2.72. The summed E-state index contributed by atoms with van der Waals surface area (Å²) in [5, 5.41) is 3.00. The molecular weight excluding hydrogens is 322 g/mol. The molecule has 3 nitrogen and oxygen atoms in total. The van der Waals surface area contributed by atoms with E-state index in [1.807, 2.05) is 91.0 Å². The number of amides is 1. The van der Waals surface area contributed by atoms with E-state index >= 15 is 0 Å². The van der Waals surface area contributed by atoms with Crippen LogP contribution in [0.25, 0.3) is 11.6 Å². The van der Waals surface area contributed by atoms with Crippen molar-refractivity contribution in [3.05, 3.63) is 102 Å². The summed E-state index contributed by atoms with van der Waals surface area (Å²) in [5.41, 5.74) is 4.24. The molecule has 0 heterocycles. The number of rotatable bonds is 6. The zero-order chi connectivity index (χ0) is 18.2. The van der Waals surface area contributed by atoms with Crippen molar-refractivity contribution in [3.63, 3.8) is 0 Å². The van der Waals surface area contributed by atoms with E-state index in [0.717, 1.165) is 22.4 Å². The SMILES string of the molecule is COCc1cccc(NC(=O)/C(=C/c2ccccc2)c2ccccc2)c1. The van der Waals surface area contributed by atoms with Gasteiger partial charge in [0.2, 0.25) is 0 Å². The van der Waals surface area contributed by atoms with E-state index < -0.39 is 0 Å². The zero-order valence-corrected chi connectivity index (χ0v) is 14.7. The summed E-state index contributed by atoms with van der Waals surface area (Å²) < 4.78 is 5.16. The lowest BCUT2D eigenvalue weighted by molar-refractivity contribution is -0.111. The summed E-state index contributed by atoms with van der Waals surface area (Å²) in [6, 6.07) is 27.2. The van der Waals surface area contributed by atoms with E-state index in [2.05, 4.69) is 5.32 Å². The van der Waals surface area contributed by atoms with Gasteiger partial charge < -0.3 is 10.1 Å². The largest absolute Gasteiger partial charge is 0.380 e. The summed E-state index contributed by atoms with van der Waals surface area (Å²) in [7, 11) is 1.65. The van der Waals surface area contributed by atoms with Crippen LogP contribution in [0, 0.1) is 0 Å². The Bertz CT molecular complexity index is 886. The summed E-state index contributed by atoms with van der Waals surface area (Å²) in [4.78, 5) is 13.0. The molecule has 1 amide bonds. The summed E-state index contributed by atoms with van der Waals surface area (Å²) in [6.45, 7) is 0.509. The van der Waals surface area contributed by atoms with Crippen molar-refractivity contribution in [1.29, 1.82) is 0 Å². The molecule has 0 radical (unpaired) electrons. The van der Waals surface area contributed by atoms with Crippen LogP contribution in [0.3, 0.4) is 0 Å². The van der Waals surface area contributed by atoms with Crippen molar-refractivity contribution in [3.8, 4) is 0 Å². The summed E-state index contributed by atoms with van der Waals surface area (Å²) in [5.74, 6) is -0.144. The van der Waals surface area contributed by atoms with Crippen molar-refractivity contribution in [1.82, 2.24) is 0 Å². The molecule has 0 saturated heterocycles. The molecule has 130 valence electrons. The molecule has 3 aromatic rings. The molecule has 3 aromatic carbocycles. The highest BCUT2D eigenvalue weighted by Gasteiger charge is 2.12. The smallest absolute Gasteiger partial charge is 0.256 e. The molecule has 0 spiro atoms. The molecule has 0 atom stereocenters. The van der Waals surface area contributed by atoms with Crippen LogP contribution in [0.5, 0.6) is 0 Å². The standard InChI is InChI=1S/C23H21NO2/c1-26-17-19-11-8-14-21(15-19)24-23(25)22(20-12-6-3-7-13-20)16-18-9-4-2-5-10-18/h2-16H,17H2,1H3,(H,24,25)/b22-16+. The number of ether oxygens (including phenoxy) is 1. The molecular formula is C23H21NO2. The van der Waals surface area contributed by atoms with Gasteiger partial charge in [0.25, 0.3) is 5.91 Å². The van der Waals surface area contributed by atoms with Crippen LogP contribution in [-0.4, -0.2) is 13.0 Å². The second-order valence-electron chi connectivity index (χ2n) is 5.92. The van der Waals surface area contributed by atoms with Gasteiger partial charge in [0.1, 0.15) is 0 Å². The second kappa shape index (κ2) is 8.79. The van der Waals surface area contributed by atoms with Gasteiger partial charge in [0, 0.05) is 18.4 Å². The first-order valence-corrected chi connectivity index (χ1v) is 8.47. The number of hydrogen-bond donors (Lipinski definition) is 1. The maximum atomic E-state index is 13.0. The first-order valence-electron chi connectivity index (χ1n) is 8.47. The average molecular weight is 343 g/mol. The minimum atomic E-state index is -0.144. The van der Waals surface area contributed by atoms with Gasteiger partial charge in [-0.2, -0.15) is 0 Å². The molecule has 26 heavy (non-hydrogen) atoms. The molecule has 0 aliphatic rings. The van der Waals surface area contributed by atoms with Crippen molar-refractivity contribution in [2.75, 3.05) is 12.4 Å². The molecule has 0 aliphatic heterocycles. The fraction of sp³-hybridized carbons (Fsp3) is 0.0870. The van der Waals surface area contributed by atoms with Crippen LogP contribution in [0.1, 0.15) is 16.7 Å². The van der Waals surface area contributed by atoms with Crippen LogP contribution >= 0.6 is 0 Å². The molecule has 0 bridgehead atoms. The highest BCUT2D eigenvalue weighted by Crippen LogP contribution is 2.21. The third-order valence-electron chi connectivity index (χ3n) is 3.94. The fourth-order valence-electron chi connectivity index (χ4n) is 2.72. The van der Waals surface area contributed by atoms with E-state index in [-0.39, 0.29) is 5.91 Å². The Morgan fingerprint density at radius 2 is 1.62 bits per heavy atom. The third kappa shape index (κ3) is 4.68. The molecule has 0 aliphatic carbocycles. The first-order chi connectivity index (χ1) is 12.8. The predicted molar refractivity (Wildman–Crippen MR) is 107 cm³/mol. The van der Waals surface area contributed by atoms with E-state index in [0.29, 0.717) is 12.2 Å². The number of carbonyl (C=O) groups excluding carboxylic acids is 1. The highest BCUT2D eigenvalue weighted by atomic mass is 16.5. The van der Waals surface area contributed by atoms with Crippen LogP contribution in [0.2, 0.25) is 0 Å². The van der Waals surface area contributed by atoms with Crippen molar-refractivity contribution in [2.24, 2.45) is 0 Å². The Morgan fingerprint density at radius 1 is 0.923 bits per heavy atom. The Labute approximate surface area is 154 Å². The number of hydrogen-bond acceptors (Lipinski definition) is 2.